The number of urea groups is 1. The van der Waals surface area contributed by atoms with Crippen molar-refractivity contribution in [3.63, 3.8) is 0 Å². The molecule has 0 bridgehead atoms. The molecule has 0 aromatic carbocycles. The Morgan fingerprint density at radius 1 is 1.57 bits per heavy atom. The van der Waals surface area contributed by atoms with Crippen molar-refractivity contribution >= 4 is 6.03 Å². The van der Waals surface area contributed by atoms with Crippen molar-refractivity contribution in [2.45, 2.75) is 26.3 Å². The standard InChI is InChI=1S/C9H16N4O/c1-2-3-4-10-9(14)11-5-8-6-12-13-7-8/h6-7H,2-5H2,1H3,(H,12,13)(H2,10,11,14). The molecule has 0 spiro atoms. The first-order valence-corrected chi connectivity index (χ1v) is 4.82. The third-order valence-electron chi connectivity index (χ3n) is 1.82. The summed E-state index contributed by atoms with van der Waals surface area (Å²) >= 11 is 0. The number of nitrogens with zero attached hydrogens (tertiary/aromatic N) is 1. The van der Waals surface area contributed by atoms with E-state index in [1.807, 2.05) is 0 Å². The van der Waals surface area contributed by atoms with Gasteiger partial charge < -0.3 is 10.6 Å². The largest absolute Gasteiger partial charge is 0.338 e. The van der Waals surface area contributed by atoms with E-state index in [0.29, 0.717) is 6.54 Å². The maximum Gasteiger partial charge on any atom is 0.315 e. The minimum Gasteiger partial charge on any atom is -0.338 e. The minimum atomic E-state index is -0.125. The van der Waals surface area contributed by atoms with Gasteiger partial charge in [-0.3, -0.25) is 5.10 Å². The van der Waals surface area contributed by atoms with E-state index >= 15 is 0 Å². The van der Waals surface area contributed by atoms with Crippen LogP contribution in [0.25, 0.3) is 0 Å². The van der Waals surface area contributed by atoms with Gasteiger partial charge in [0.15, 0.2) is 0 Å². The van der Waals surface area contributed by atoms with Gasteiger partial charge in [-0.05, 0) is 6.42 Å². The Kier molecular flexibility index (Phi) is 4.54. The number of hydrogen-bond donors (Lipinski definition) is 3. The number of aromatic nitrogens is 2. The number of unbranched alkanes of at least 4 members (excludes halogenated alkanes) is 1. The number of amides is 2. The van der Waals surface area contributed by atoms with Crippen LogP contribution in [0.1, 0.15) is 25.3 Å². The molecule has 3 N–H and O–H groups in total. The summed E-state index contributed by atoms with van der Waals surface area (Å²) in [6, 6.07) is -0.125. The van der Waals surface area contributed by atoms with Crippen molar-refractivity contribution in [3.8, 4) is 0 Å². The zero-order valence-electron chi connectivity index (χ0n) is 8.34. The van der Waals surface area contributed by atoms with Crippen molar-refractivity contribution in [1.29, 1.82) is 0 Å². The van der Waals surface area contributed by atoms with Gasteiger partial charge in [0.1, 0.15) is 0 Å². The van der Waals surface area contributed by atoms with E-state index in [-0.39, 0.29) is 6.03 Å². The maximum absolute atomic E-state index is 11.2. The second kappa shape index (κ2) is 6.01. The van der Waals surface area contributed by atoms with E-state index in [0.717, 1.165) is 24.9 Å². The number of carbonyl (C=O) groups is 1. The SMILES string of the molecule is CCCCNC(=O)NCc1cn[nH]c1. The molecule has 1 heterocycles. The van der Waals surface area contributed by atoms with E-state index in [9.17, 15) is 4.79 Å². The zero-order valence-corrected chi connectivity index (χ0v) is 8.34. The Morgan fingerprint density at radius 2 is 2.43 bits per heavy atom. The van der Waals surface area contributed by atoms with E-state index in [1.54, 1.807) is 12.4 Å². The molecule has 0 radical (unpaired) electrons. The lowest BCUT2D eigenvalue weighted by molar-refractivity contribution is 0.240. The van der Waals surface area contributed by atoms with Crippen molar-refractivity contribution in [2.75, 3.05) is 6.54 Å². The third-order valence-corrected chi connectivity index (χ3v) is 1.82. The van der Waals surface area contributed by atoms with Gasteiger partial charge in [0, 0.05) is 24.8 Å². The van der Waals surface area contributed by atoms with Crippen LogP contribution in [0.2, 0.25) is 0 Å². The number of nitrogens with one attached hydrogen (secondary N) is 3. The van der Waals surface area contributed by atoms with Crippen LogP contribution in [-0.4, -0.2) is 22.8 Å². The average molecular weight is 196 g/mol. The van der Waals surface area contributed by atoms with E-state index in [4.69, 9.17) is 0 Å². The summed E-state index contributed by atoms with van der Waals surface area (Å²) in [5.41, 5.74) is 0.968. The molecule has 5 nitrogen and oxygen atoms in total. The monoisotopic (exact) mass is 196 g/mol. The van der Waals surface area contributed by atoms with E-state index < -0.39 is 0 Å². The van der Waals surface area contributed by atoms with Crippen molar-refractivity contribution < 1.29 is 4.79 Å². The second-order valence-corrected chi connectivity index (χ2v) is 3.07. The first-order valence-electron chi connectivity index (χ1n) is 4.82. The molecule has 0 saturated heterocycles. The molecular weight excluding hydrogens is 180 g/mol. The van der Waals surface area contributed by atoms with Gasteiger partial charge in [-0.2, -0.15) is 5.10 Å². The van der Waals surface area contributed by atoms with Crippen LogP contribution in [0.15, 0.2) is 12.4 Å². The van der Waals surface area contributed by atoms with Crippen LogP contribution >= 0.6 is 0 Å². The molecule has 1 aromatic heterocycles. The van der Waals surface area contributed by atoms with Gasteiger partial charge in [-0.25, -0.2) is 4.79 Å². The fraction of sp³-hybridized carbons (Fsp3) is 0.556. The molecule has 1 rings (SSSR count). The van der Waals surface area contributed by atoms with E-state index in [1.165, 1.54) is 0 Å². The summed E-state index contributed by atoms with van der Waals surface area (Å²) < 4.78 is 0. The molecule has 0 aliphatic rings. The Labute approximate surface area is 83.3 Å². The number of carbonyl (C=O) groups excluding carboxylic acids is 1. The lowest BCUT2D eigenvalue weighted by atomic mass is 10.3. The predicted molar refractivity (Wildman–Crippen MR) is 53.7 cm³/mol. The first kappa shape index (κ1) is 10.6. The van der Waals surface area contributed by atoms with Crippen molar-refractivity contribution in [2.24, 2.45) is 0 Å². The molecule has 0 aliphatic heterocycles. The van der Waals surface area contributed by atoms with Gasteiger partial charge in [-0.15, -0.1) is 0 Å². The summed E-state index contributed by atoms with van der Waals surface area (Å²) in [5, 5.41) is 12.0. The normalized spacial score (nSPS) is 9.79. The zero-order chi connectivity index (χ0) is 10.2. The molecule has 0 unspecified atom stereocenters. The molecule has 14 heavy (non-hydrogen) atoms. The number of aromatic amines is 1. The van der Waals surface area contributed by atoms with Crippen LogP contribution in [-0.2, 0) is 6.54 Å². The Morgan fingerprint density at radius 3 is 3.07 bits per heavy atom. The van der Waals surface area contributed by atoms with Crippen LogP contribution in [0.3, 0.4) is 0 Å². The molecule has 1 aromatic rings. The van der Waals surface area contributed by atoms with Gasteiger partial charge in [-0.1, -0.05) is 13.3 Å². The quantitative estimate of drug-likeness (QED) is 0.615. The number of H-pyrrole nitrogens is 1. The van der Waals surface area contributed by atoms with Crippen molar-refractivity contribution in [3.05, 3.63) is 18.0 Å². The first-order chi connectivity index (χ1) is 6.83. The molecular formula is C9H16N4O. The minimum absolute atomic E-state index is 0.125. The summed E-state index contributed by atoms with van der Waals surface area (Å²) in [6.45, 7) is 3.33. The third kappa shape index (κ3) is 3.93. The molecule has 0 aliphatic carbocycles. The summed E-state index contributed by atoms with van der Waals surface area (Å²) in [7, 11) is 0. The molecule has 5 heteroatoms. The molecule has 0 fully saturated rings. The summed E-state index contributed by atoms with van der Waals surface area (Å²) in [4.78, 5) is 11.2. The summed E-state index contributed by atoms with van der Waals surface area (Å²) in [5.74, 6) is 0. The topological polar surface area (TPSA) is 69.8 Å². The lowest BCUT2D eigenvalue weighted by Gasteiger charge is -2.05. The maximum atomic E-state index is 11.2. The number of hydrogen-bond acceptors (Lipinski definition) is 2. The predicted octanol–water partition coefficient (Wildman–Crippen LogP) is 1.01. The highest BCUT2D eigenvalue weighted by Gasteiger charge is 1.99. The highest BCUT2D eigenvalue weighted by atomic mass is 16.2. The lowest BCUT2D eigenvalue weighted by Crippen LogP contribution is -2.35. The highest BCUT2D eigenvalue weighted by molar-refractivity contribution is 5.73. The van der Waals surface area contributed by atoms with Gasteiger partial charge in [0.05, 0.1) is 6.20 Å². The molecule has 0 atom stereocenters. The number of rotatable bonds is 5. The highest BCUT2D eigenvalue weighted by Crippen LogP contribution is 1.91. The molecule has 2 amide bonds. The van der Waals surface area contributed by atoms with Gasteiger partial charge >= 0.3 is 6.03 Å². The Bertz CT molecular complexity index is 258. The average Bonchev–Trinajstić information content (AvgIpc) is 2.68. The van der Waals surface area contributed by atoms with Crippen LogP contribution < -0.4 is 10.6 Å². The van der Waals surface area contributed by atoms with Gasteiger partial charge in [0.25, 0.3) is 0 Å². The molecule has 0 saturated carbocycles. The molecule has 78 valence electrons. The van der Waals surface area contributed by atoms with Crippen LogP contribution in [0.4, 0.5) is 4.79 Å². The Hall–Kier alpha value is -1.52. The smallest absolute Gasteiger partial charge is 0.315 e. The van der Waals surface area contributed by atoms with Crippen LogP contribution in [0.5, 0.6) is 0 Å². The fourth-order valence-corrected chi connectivity index (χ4v) is 0.998. The summed E-state index contributed by atoms with van der Waals surface area (Å²) in [6.07, 6.45) is 5.54. The van der Waals surface area contributed by atoms with Gasteiger partial charge in [0.2, 0.25) is 0 Å². The van der Waals surface area contributed by atoms with E-state index in [2.05, 4.69) is 27.8 Å². The fourth-order valence-electron chi connectivity index (χ4n) is 0.998. The van der Waals surface area contributed by atoms with Crippen LogP contribution in [0, 0.1) is 0 Å². The Balaban J connectivity index is 2.09. The van der Waals surface area contributed by atoms with Crippen molar-refractivity contribution in [1.82, 2.24) is 20.8 Å². The second-order valence-electron chi connectivity index (χ2n) is 3.07.